The molecule has 2 aromatic rings. The van der Waals surface area contributed by atoms with Gasteiger partial charge in [0.2, 0.25) is 5.91 Å². The highest BCUT2D eigenvalue weighted by atomic mass is 35.5. The number of morpholine rings is 1. The van der Waals surface area contributed by atoms with Crippen molar-refractivity contribution in [2.24, 2.45) is 4.99 Å². The zero-order valence-electron chi connectivity index (χ0n) is 19.7. The zero-order chi connectivity index (χ0) is 25.4. The Hall–Kier alpha value is -2.86. The normalized spacial score (nSPS) is 24.3. The molecule has 36 heavy (non-hydrogen) atoms. The van der Waals surface area contributed by atoms with E-state index in [1.807, 2.05) is 10.3 Å². The molecule has 1 amide bonds. The first-order chi connectivity index (χ1) is 17.4. The first-order valence-corrected chi connectivity index (χ1v) is 12.7. The van der Waals surface area contributed by atoms with Gasteiger partial charge in [0.25, 0.3) is 0 Å². The second kappa shape index (κ2) is 10.3. The Bertz CT molecular complexity index is 1220. The minimum absolute atomic E-state index is 0.0287. The van der Waals surface area contributed by atoms with E-state index in [0.717, 1.165) is 0 Å². The van der Waals surface area contributed by atoms with E-state index in [-0.39, 0.29) is 23.0 Å². The molecule has 0 aliphatic carbocycles. The average Bonchev–Trinajstić information content (AvgIpc) is 3.38. The number of halogens is 2. The number of aromatic nitrogens is 1. The van der Waals surface area contributed by atoms with Gasteiger partial charge < -0.3 is 19.7 Å². The number of ether oxygens (including phenoxy) is 2. The smallest absolute Gasteiger partial charge is 0.338 e. The molecule has 4 heterocycles. The van der Waals surface area contributed by atoms with Gasteiger partial charge in [-0.25, -0.2) is 14.2 Å². The highest BCUT2D eigenvalue weighted by Gasteiger charge is 2.41. The molecular weight excluding hydrogens is 509 g/mol. The van der Waals surface area contributed by atoms with E-state index < -0.39 is 17.8 Å². The maximum atomic E-state index is 13.9. The van der Waals surface area contributed by atoms with E-state index in [2.05, 4.69) is 15.2 Å². The predicted octanol–water partition coefficient (Wildman–Crippen LogP) is 2.39. The molecule has 0 saturated carbocycles. The molecule has 2 unspecified atom stereocenters. The molecule has 0 radical (unpaired) electrons. The third-order valence-electron chi connectivity index (χ3n) is 6.63. The van der Waals surface area contributed by atoms with E-state index >= 15 is 0 Å². The Kier molecular flexibility index (Phi) is 7.07. The molecule has 2 fully saturated rings. The van der Waals surface area contributed by atoms with Crippen LogP contribution < -0.4 is 5.32 Å². The second-order valence-electron chi connectivity index (χ2n) is 8.83. The maximum absolute atomic E-state index is 13.9. The molecule has 3 aliphatic rings. The number of carbonyl (C=O) groups excluding carboxylic acids is 2. The topological polar surface area (TPSA) is 96.4 Å². The number of amides is 1. The SMILES string of the molecule is COC(=O)C1=C(CN2C3COC[C@H]2CN(C(C)=O)C3)NC(c2nccs2)=NC1c1ccc(F)cc1Cl. The summed E-state index contributed by atoms with van der Waals surface area (Å²) in [6.45, 7) is 3.96. The van der Waals surface area contributed by atoms with Gasteiger partial charge in [0.15, 0.2) is 10.8 Å². The number of thiazole rings is 1. The number of carbonyl (C=O) groups is 2. The summed E-state index contributed by atoms with van der Waals surface area (Å²) in [5, 5.41) is 5.95. The molecule has 0 spiro atoms. The molecule has 1 aromatic heterocycles. The molecule has 3 aliphatic heterocycles. The summed E-state index contributed by atoms with van der Waals surface area (Å²) in [6, 6.07) is 3.13. The molecule has 12 heteroatoms. The van der Waals surface area contributed by atoms with Crippen LogP contribution in [-0.2, 0) is 19.1 Å². The van der Waals surface area contributed by atoms with Crippen LogP contribution in [0, 0.1) is 5.82 Å². The standard InChI is InChI=1S/C24H25ClFN5O4S/c1-13(32)30-8-15-11-35-12-16(9-30)31(15)10-19-20(24(33)34-2)21(17-4-3-14(26)7-18(17)25)29-22(28-19)23-27-5-6-36-23/h3-7,15-16,21H,8-12H2,1-2H3,(H,28,29)/t15-,16?,21?/m1/s1. The third kappa shape index (κ3) is 4.75. The van der Waals surface area contributed by atoms with Crippen molar-refractivity contribution in [3.8, 4) is 0 Å². The van der Waals surface area contributed by atoms with Crippen LogP contribution >= 0.6 is 22.9 Å². The molecular formula is C24H25ClFN5O4S. The van der Waals surface area contributed by atoms with E-state index in [0.29, 0.717) is 60.5 Å². The van der Waals surface area contributed by atoms with Crippen LogP contribution in [-0.4, -0.2) is 84.5 Å². The number of hydrogen-bond acceptors (Lipinski definition) is 9. The van der Waals surface area contributed by atoms with E-state index in [1.54, 1.807) is 13.1 Å². The fourth-order valence-electron chi connectivity index (χ4n) is 4.89. The first-order valence-electron chi connectivity index (χ1n) is 11.5. The number of nitrogens with one attached hydrogen (secondary N) is 1. The summed E-state index contributed by atoms with van der Waals surface area (Å²) in [7, 11) is 1.31. The van der Waals surface area contributed by atoms with Crippen LogP contribution in [0.3, 0.4) is 0 Å². The van der Waals surface area contributed by atoms with Crippen LogP contribution in [0.25, 0.3) is 0 Å². The lowest BCUT2D eigenvalue weighted by atomic mass is 9.94. The Morgan fingerprint density at radius 3 is 2.67 bits per heavy atom. The fourth-order valence-corrected chi connectivity index (χ4v) is 5.75. The number of aliphatic imine (C=N–C) groups is 1. The monoisotopic (exact) mass is 533 g/mol. The first kappa shape index (κ1) is 24.8. The number of fused-ring (bicyclic) bond motifs is 2. The van der Waals surface area contributed by atoms with Gasteiger partial charge in [-0.2, -0.15) is 0 Å². The summed E-state index contributed by atoms with van der Waals surface area (Å²) in [4.78, 5) is 38.4. The number of hydrogen-bond donors (Lipinski definition) is 1. The molecule has 1 N–H and O–H groups in total. The Balaban J connectivity index is 1.58. The van der Waals surface area contributed by atoms with Crippen molar-refractivity contribution in [3.63, 3.8) is 0 Å². The molecule has 190 valence electrons. The summed E-state index contributed by atoms with van der Waals surface area (Å²) in [5.41, 5.74) is 1.37. The van der Waals surface area contributed by atoms with Gasteiger partial charge in [-0.15, -0.1) is 11.3 Å². The van der Waals surface area contributed by atoms with Crippen LogP contribution in [0.5, 0.6) is 0 Å². The summed E-state index contributed by atoms with van der Waals surface area (Å²) in [6.07, 6.45) is 1.67. The Labute approximate surface area is 216 Å². The molecule has 2 bridgehead atoms. The quantitative estimate of drug-likeness (QED) is 0.589. The predicted molar refractivity (Wildman–Crippen MR) is 132 cm³/mol. The van der Waals surface area contributed by atoms with E-state index in [4.69, 9.17) is 26.1 Å². The summed E-state index contributed by atoms with van der Waals surface area (Å²) >= 11 is 7.83. The van der Waals surface area contributed by atoms with Crippen molar-refractivity contribution in [1.82, 2.24) is 20.1 Å². The zero-order valence-corrected chi connectivity index (χ0v) is 21.3. The van der Waals surface area contributed by atoms with Gasteiger partial charge in [-0.3, -0.25) is 14.7 Å². The van der Waals surface area contributed by atoms with E-state index in [9.17, 15) is 14.0 Å². The van der Waals surface area contributed by atoms with E-state index in [1.165, 1.54) is 36.6 Å². The van der Waals surface area contributed by atoms with Crippen LogP contribution in [0.4, 0.5) is 4.39 Å². The molecule has 1 aromatic carbocycles. The highest BCUT2D eigenvalue weighted by Crippen LogP contribution is 2.37. The van der Waals surface area contributed by atoms with Crippen molar-refractivity contribution in [1.29, 1.82) is 0 Å². The maximum Gasteiger partial charge on any atom is 0.338 e. The van der Waals surface area contributed by atoms with Crippen LogP contribution in [0.2, 0.25) is 5.02 Å². The lowest BCUT2D eigenvalue weighted by Gasteiger charge is -2.50. The summed E-state index contributed by atoms with van der Waals surface area (Å²) in [5.74, 6) is -0.529. The Morgan fingerprint density at radius 2 is 2.06 bits per heavy atom. The van der Waals surface area contributed by atoms with Gasteiger partial charge in [0.05, 0.1) is 38.0 Å². The van der Waals surface area contributed by atoms with Crippen LogP contribution in [0.1, 0.15) is 23.5 Å². The lowest BCUT2D eigenvalue weighted by Crippen LogP contribution is -2.66. The number of benzene rings is 1. The number of methoxy groups -OCH3 is 1. The lowest BCUT2D eigenvalue weighted by molar-refractivity contribution is -0.142. The number of piperazine rings is 1. The molecule has 5 rings (SSSR count). The largest absolute Gasteiger partial charge is 0.466 e. The van der Waals surface area contributed by atoms with Crippen molar-refractivity contribution < 1.29 is 23.5 Å². The minimum atomic E-state index is -0.824. The summed E-state index contributed by atoms with van der Waals surface area (Å²) < 4.78 is 24.8. The van der Waals surface area contributed by atoms with Crippen molar-refractivity contribution in [3.05, 3.63) is 62.5 Å². The van der Waals surface area contributed by atoms with Crippen LogP contribution in [0.15, 0.2) is 46.0 Å². The number of esters is 1. The number of rotatable bonds is 5. The van der Waals surface area contributed by atoms with Crippen molar-refractivity contribution >= 4 is 40.6 Å². The van der Waals surface area contributed by atoms with Crippen molar-refractivity contribution in [2.75, 3.05) is 40.0 Å². The van der Waals surface area contributed by atoms with Gasteiger partial charge in [0.1, 0.15) is 11.9 Å². The highest BCUT2D eigenvalue weighted by molar-refractivity contribution is 7.11. The van der Waals surface area contributed by atoms with Gasteiger partial charge >= 0.3 is 5.97 Å². The molecule has 3 atom stereocenters. The minimum Gasteiger partial charge on any atom is -0.466 e. The van der Waals surface area contributed by atoms with Gasteiger partial charge in [-0.05, 0) is 12.1 Å². The average molecular weight is 534 g/mol. The van der Waals surface area contributed by atoms with Crippen molar-refractivity contribution in [2.45, 2.75) is 25.0 Å². The Morgan fingerprint density at radius 1 is 1.31 bits per heavy atom. The number of amidine groups is 1. The third-order valence-corrected chi connectivity index (χ3v) is 7.74. The second-order valence-corrected chi connectivity index (χ2v) is 10.1. The fraction of sp³-hybridized carbons (Fsp3) is 0.417. The molecule has 2 saturated heterocycles. The van der Waals surface area contributed by atoms with Gasteiger partial charge in [-0.1, -0.05) is 17.7 Å². The molecule has 9 nitrogen and oxygen atoms in total. The number of nitrogens with zero attached hydrogens (tertiary/aromatic N) is 4. The van der Waals surface area contributed by atoms with Gasteiger partial charge in [0, 0.05) is 54.4 Å².